The first-order chi connectivity index (χ1) is 9.08. The van der Waals surface area contributed by atoms with Gasteiger partial charge in [0.2, 0.25) is 5.88 Å². The standard InChI is InChI=1S/C12H10IN3O3/c1-16-12(17)18-8-4-2-3-6-9(13)7(5-14)11(15)19-10(6)8/h2-4,9H,15H2,1H3,(H,16,17). The van der Waals surface area contributed by atoms with Crippen LogP contribution in [0.3, 0.4) is 0 Å². The van der Waals surface area contributed by atoms with E-state index in [2.05, 4.69) is 27.9 Å². The number of benzene rings is 1. The van der Waals surface area contributed by atoms with Crippen molar-refractivity contribution in [3.8, 4) is 17.6 Å². The lowest BCUT2D eigenvalue weighted by atomic mass is 10.0. The van der Waals surface area contributed by atoms with Crippen molar-refractivity contribution in [2.24, 2.45) is 5.73 Å². The number of fused-ring (bicyclic) bond motifs is 1. The minimum absolute atomic E-state index is 0.0300. The summed E-state index contributed by atoms with van der Waals surface area (Å²) in [4.78, 5) is 11.3. The summed E-state index contributed by atoms with van der Waals surface area (Å²) in [7, 11) is 1.46. The lowest BCUT2D eigenvalue weighted by Crippen LogP contribution is -2.24. The van der Waals surface area contributed by atoms with Gasteiger partial charge >= 0.3 is 6.09 Å². The van der Waals surface area contributed by atoms with Crippen LogP contribution in [0.25, 0.3) is 0 Å². The third-order valence-electron chi connectivity index (χ3n) is 2.54. The van der Waals surface area contributed by atoms with Gasteiger partial charge in [0.25, 0.3) is 0 Å². The minimum Gasteiger partial charge on any atom is -0.436 e. The van der Waals surface area contributed by atoms with Crippen LogP contribution in [0.1, 0.15) is 9.49 Å². The molecule has 1 aliphatic rings. The highest BCUT2D eigenvalue weighted by Crippen LogP contribution is 2.46. The maximum absolute atomic E-state index is 11.3. The summed E-state index contributed by atoms with van der Waals surface area (Å²) in [5.41, 5.74) is 6.80. The van der Waals surface area contributed by atoms with Gasteiger partial charge in [0.15, 0.2) is 11.5 Å². The number of rotatable bonds is 1. The van der Waals surface area contributed by atoms with Crippen molar-refractivity contribution in [2.45, 2.75) is 3.92 Å². The first-order valence-electron chi connectivity index (χ1n) is 5.32. The summed E-state index contributed by atoms with van der Waals surface area (Å²) in [5, 5.41) is 11.4. The fourth-order valence-corrected chi connectivity index (χ4v) is 2.57. The molecule has 1 aromatic rings. The Morgan fingerprint density at radius 2 is 2.37 bits per heavy atom. The third-order valence-corrected chi connectivity index (χ3v) is 3.83. The largest absolute Gasteiger partial charge is 0.436 e. The number of para-hydroxylation sites is 1. The molecular weight excluding hydrogens is 361 g/mol. The van der Waals surface area contributed by atoms with Gasteiger partial charge in [-0.25, -0.2) is 4.79 Å². The first kappa shape index (κ1) is 13.5. The number of allylic oxidation sites excluding steroid dienone is 1. The Hall–Kier alpha value is -1.95. The number of ether oxygens (including phenoxy) is 2. The fourth-order valence-electron chi connectivity index (χ4n) is 1.63. The van der Waals surface area contributed by atoms with Crippen molar-refractivity contribution < 1.29 is 14.3 Å². The summed E-state index contributed by atoms with van der Waals surface area (Å²) in [6.07, 6.45) is -0.601. The van der Waals surface area contributed by atoms with Gasteiger partial charge in [-0.2, -0.15) is 5.26 Å². The molecule has 2 rings (SSSR count). The highest BCUT2D eigenvalue weighted by atomic mass is 127. The quantitative estimate of drug-likeness (QED) is 0.581. The van der Waals surface area contributed by atoms with Gasteiger partial charge in [-0.1, -0.05) is 34.7 Å². The van der Waals surface area contributed by atoms with E-state index < -0.39 is 6.09 Å². The summed E-state index contributed by atoms with van der Waals surface area (Å²) in [5.74, 6) is 0.655. The van der Waals surface area contributed by atoms with Crippen LogP contribution in [0, 0.1) is 11.3 Å². The molecule has 1 aliphatic heterocycles. The topological polar surface area (TPSA) is 97.4 Å². The van der Waals surface area contributed by atoms with Crippen LogP contribution in [0.4, 0.5) is 4.79 Å². The molecule has 6 nitrogen and oxygen atoms in total. The van der Waals surface area contributed by atoms with Gasteiger partial charge in [0.05, 0.1) is 3.92 Å². The van der Waals surface area contributed by atoms with Crippen molar-refractivity contribution in [3.05, 3.63) is 35.2 Å². The predicted octanol–water partition coefficient (Wildman–Crippen LogP) is 1.97. The Kier molecular flexibility index (Phi) is 3.80. The molecule has 0 aliphatic carbocycles. The molecule has 1 atom stereocenters. The highest BCUT2D eigenvalue weighted by molar-refractivity contribution is 14.1. The number of nitrogens with two attached hydrogens (primary N) is 1. The van der Waals surface area contributed by atoms with Crippen molar-refractivity contribution in [1.82, 2.24) is 5.32 Å². The van der Waals surface area contributed by atoms with Crippen molar-refractivity contribution >= 4 is 28.7 Å². The summed E-state index contributed by atoms with van der Waals surface area (Å²) in [6.45, 7) is 0. The molecule has 19 heavy (non-hydrogen) atoms. The van der Waals surface area contributed by atoms with Gasteiger partial charge in [-0.05, 0) is 6.07 Å². The molecule has 0 bridgehead atoms. The van der Waals surface area contributed by atoms with Crippen LogP contribution in [0.15, 0.2) is 29.7 Å². The maximum Gasteiger partial charge on any atom is 0.412 e. The number of hydrogen-bond donors (Lipinski definition) is 2. The number of nitrogens with zero attached hydrogens (tertiary/aromatic N) is 1. The van der Waals surface area contributed by atoms with Crippen LogP contribution in [-0.2, 0) is 0 Å². The Morgan fingerprint density at radius 1 is 1.63 bits per heavy atom. The minimum atomic E-state index is -0.601. The Morgan fingerprint density at radius 3 is 3.00 bits per heavy atom. The zero-order chi connectivity index (χ0) is 14.0. The van der Waals surface area contributed by atoms with Crippen LogP contribution in [0.5, 0.6) is 11.5 Å². The number of halogens is 1. The van der Waals surface area contributed by atoms with Crippen LogP contribution in [-0.4, -0.2) is 13.1 Å². The normalized spacial score (nSPS) is 17.0. The van der Waals surface area contributed by atoms with E-state index in [-0.39, 0.29) is 15.6 Å². The lowest BCUT2D eigenvalue weighted by Gasteiger charge is -2.23. The van der Waals surface area contributed by atoms with E-state index in [1.165, 1.54) is 7.05 Å². The second-order valence-electron chi connectivity index (χ2n) is 3.67. The van der Waals surface area contributed by atoms with E-state index in [9.17, 15) is 4.79 Å². The smallest absolute Gasteiger partial charge is 0.412 e. The Bertz CT molecular complexity index is 607. The van der Waals surface area contributed by atoms with E-state index in [0.717, 1.165) is 5.56 Å². The molecule has 7 heteroatoms. The fraction of sp³-hybridized carbons (Fsp3) is 0.167. The molecule has 3 N–H and O–H groups in total. The SMILES string of the molecule is CNC(=O)Oc1cccc2c1OC(N)=C(C#N)C2I. The molecule has 0 aromatic heterocycles. The van der Waals surface area contributed by atoms with E-state index in [4.69, 9.17) is 20.5 Å². The monoisotopic (exact) mass is 371 g/mol. The second kappa shape index (κ2) is 5.36. The molecule has 0 fully saturated rings. The van der Waals surface area contributed by atoms with E-state index in [1.54, 1.807) is 18.2 Å². The zero-order valence-electron chi connectivity index (χ0n) is 9.94. The number of hydrogen-bond acceptors (Lipinski definition) is 5. The van der Waals surface area contributed by atoms with Gasteiger partial charge in [0, 0.05) is 12.6 Å². The van der Waals surface area contributed by atoms with Gasteiger partial charge < -0.3 is 20.5 Å². The average Bonchev–Trinajstić information content (AvgIpc) is 2.40. The van der Waals surface area contributed by atoms with E-state index >= 15 is 0 Å². The van der Waals surface area contributed by atoms with E-state index in [1.807, 2.05) is 6.07 Å². The number of nitrogens with one attached hydrogen (secondary N) is 1. The number of carbonyl (C=O) groups is 1. The number of carbonyl (C=O) groups excluding carboxylic acids is 1. The summed E-state index contributed by atoms with van der Waals surface area (Å²) >= 11 is 2.09. The zero-order valence-corrected chi connectivity index (χ0v) is 12.1. The number of alkyl halides is 1. The number of nitriles is 1. The van der Waals surface area contributed by atoms with Crippen molar-refractivity contribution in [2.75, 3.05) is 7.05 Å². The predicted molar refractivity (Wildman–Crippen MR) is 75.7 cm³/mol. The van der Waals surface area contributed by atoms with E-state index in [0.29, 0.717) is 11.3 Å². The molecule has 0 saturated heterocycles. The maximum atomic E-state index is 11.3. The molecule has 0 spiro atoms. The highest BCUT2D eigenvalue weighted by Gasteiger charge is 2.29. The molecular formula is C12H10IN3O3. The van der Waals surface area contributed by atoms with Crippen molar-refractivity contribution in [1.29, 1.82) is 5.26 Å². The lowest BCUT2D eigenvalue weighted by molar-refractivity contribution is 0.200. The Labute approximate surface area is 123 Å². The second-order valence-corrected chi connectivity index (χ2v) is 4.91. The molecule has 0 saturated carbocycles. The summed E-state index contributed by atoms with van der Waals surface area (Å²) in [6, 6.07) is 7.14. The molecule has 1 unspecified atom stereocenters. The molecule has 1 amide bonds. The third kappa shape index (κ3) is 2.44. The first-order valence-corrected chi connectivity index (χ1v) is 6.57. The molecule has 0 radical (unpaired) electrons. The van der Waals surface area contributed by atoms with Crippen LogP contribution < -0.4 is 20.5 Å². The van der Waals surface area contributed by atoms with Gasteiger partial charge in [0.1, 0.15) is 11.6 Å². The van der Waals surface area contributed by atoms with Crippen molar-refractivity contribution in [3.63, 3.8) is 0 Å². The molecule has 98 valence electrons. The van der Waals surface area contributed by atoms with Gasteiger partial charge in [-0.3, -0.25) is 0 Å². The summed E-state index contributed by atoms with van der Waals surface area (Å²) < 4.78 is 10.3. The number of amides is 1. The molecule has 1 aromatic carbocycles. The molecule has 1 heterocycles. The van der Waals surface area contributed by atoms with Crippen LogP contribution in [0.2, 0.25) is 0 Å². The van der Waals surface area contributed by atoms with Crippen LogP contribution >= 0.6 is 22.6 Å². The van der Waals surface area contributed by atoms with Gasteiger partial charge in [-0.15, -0.1) is 0 Å². The average molecular weight is 371 g/mol. The Balaban J connectivity index is 2.46.